The highest BCUT2D eigenvalue weighted by molar-refractivity contribution is 7.98. The largest absolute Gasteiger partial charge is 0.509 e. The van der Waals surface area contributed by atoms with Crippen LogP contribution in [-0.2, 0) is 19.1 Å². The fourth-order valence-electron chi connectivity index (χ4n) is 3.50. The van der Waals surface area contributed by atoms with E-state index in [9.17, 15) is 19.5 Å². The lowest BCUT2D eigenvalue weighted by molar-refractivity contribution is -0.142. The van der Waals surface area contributed by atoms with Crippen LogP contribution in [0.4, 0.5) is 11.4 Å². The number of aliphatic hydroxyl groups excluding tert-OH is 1. The van der Waals surface area contributed by atoms with Crippen LogP contribution < -0.4 is 10.2 Å². The van der Waals surface area contributed by atoms with E-state index < -0.39 is 23.8 Å². The van der Waals surface area contributed by atoms with Gasteiger partial charge in [-0.25, -0.2) is 0 Å². The maximum absolute atomic E-state index is 12.7. The monoisotopic (exact) mass is 419 g/mol. The maximum Gasteiger partial charge on any atom is 0.270 e. The summed E-state index contributed by atoms with van der Waals surface area (Å²) in [6, 6.07) is 6.46. The summed E-state index contributed by atoms with van der Waals surface area (Å²) in [5.74, 6) is -1.68. The third-order valence-corrected chi connectivity index (χ3v) is 5.62. The number of hydrogen-bond donors (Lipinski definition) is 2. The summed E-state index contributed by atoms with van der Waals surface area (Å²) >= 11 is 1.54. The average Bonchev–Trinajstić information content (AvgIpc) is 2.97. The number of amides is 3. The van der Waals surface area contributed by atoms with Gasteiger partial charge in [-0.2, -0.15) is 11.8 Å². The van der Waals surface area contributed by atoms with Crippen LogP contribution in [0.3, 0.4) is 0 Å². The minimum atomic E-state index is -0.795. The molecule has 0 radical (unpaired) electrons. The molecule has 1 unspecified atom stereocenters. The molecule has 1 fully saturated rings. The molecule has 9 heteroatoms. The van der Waals surface area contributed by atoms with Crippen LogP contribution in [0, 0.1) is 0 Å². The quantitative estimate of drug-likeness (QED) is 0.678. The number of thioether (sulfide) groups is 1. The van der Waals surface area contributed by atoms with Crippen LogP contribution in [0.15, 0.2) is 35.6 Å². The molecule has 1 atom stereocenters. The van der Waals surface area contributed by atoms with Gasteiger partial charge in [0.25, 0.3) is 11.8 Å². The second-order valence-electron chi connectivity index (χ2n) is 6.85. The van der Waals surface area contributed by atoms with Crippen LogP contribution in [0.5, 0.6) is 0 Å². The van der Waals surface area contributed by atoms with E-state index in [4.69, 9.17) is 4.74 Å². The first-order chi connectivity index (χ1) is 13.9. The van der Waals surface area contributed by atoms with E-state index in [0.29, 0.717) is 31.1 Å². The molecule has 1 aromatic rings. The number of imide groups is 1. The zero-order chi connectivity index (χ0) is 21.0. The lowest BCUT2D eigenvalue weighted by Gasteiger charge is -2.28. The number of rotatable bonds is 6. The van der Waals surface area contributed by atoms with Crippen molar-refractivity contribution in [2.75, 3.05) is 48.5 Å². The minimum absolute atomic E-state index is 0.346. The summed E-state index contributed by atoms with van der Waals surface area (Å²) in [6.07, 6.45) is 2.28. The lowest BCUT2D eigenvalue weighted by atomic mass is 10.1. The Kier molecular flexibility index (Phi) is 6.81. The standard InChI is InChI=1S/C20H25N3O5S/c1-13(24)23-16(7-12-29-2)18(25)17(20(23)27)19(26)21-14-3-5-15(6-4-14)22-8-10-28-11-9-22/h3-6,16,25H,7-12H2,1-2H3,(H,21,26). The SMILES string of the molecule is CSCCC1C(O)=C(C(=O)Nc2ccc(N3CCOCC3)cc2)C(=O)N1C(C)=O. The van der Waals surface area contributed by atoms with E-state index in [-0.39, 0.29) is 11.3 Å². The number of nitrogens with one attached hydrogen (secondary N) is 1. The van der Waals surface area contributed by atoms with E-state index in [1.807, 2.05) is 18.4 Å². The molecular formula is C20H25N3O5S. The number of aliphatic hydroxyl groups is 1. The van der Waals surface area contributed by atoms with Gasteiger partial charge in [-0.1, -0.05) is 0 Å². The molecular weight excluding hydrogens is 394 g/mol. The molecule has 1 aromatic carbocycles. The number of benzene rings is 1. The van der Waals surface area contributed by atoms with E-state index >= 15 is 0 Å². The molecule has 0 aromatic heterocycles. The van der Waals surface area contributed by atoms with Crippen molar-refractivity contribution in [2.24, 2.45) is 0 Å². The second kappa shape index (κ2) is 9.32. The molecule has 2 N–H and O–H groups in total. The summed E-state index contributed by atoms with van der Waals surface area (Å²) in [5.41, 5.74) is 1.15. The number of ether oxygens (including phenoxy) is 1. The fourth-order valence-corrected chi connectivity index (χ4v) is 3.96. The molecule has 2 aliphatic heterocycles. The Labute approximate surface area is 173 Å². The van der Waals surface area contributed by atoms with Crippen LogP contribution in [0.25, 0.3) is 0 Å². The lowest BCUT2D eigenvalue weighted by Crippen LogP contribution is -2.40. The van der Waals surface area contributed by atoms with Crippen molar-refractivity contribution in [2.45, 2.75) is 19.4 Å². The molecule has 0 spiro atoms. The smallest absolute Gasteiger partial charge is 0.270 e. The number of anilines is 2. The summed E-state index contributed by atoms with van der Waals surface area (Å²) in [5, 5.41) is 13.2. The van der Waals surface area contributed by atoms with Crippen LogP contribution in [-0.4, -0.2) is 72.1 Å². The zero-order valence-electron chi connectivity index (χ0n) is 16.5. The van der Waals surface area contributed by atoms with Crippen molar-refractivity contribution in [1.82, 2.24) is 4.90 Å². The van der Waals surface area contributed by atoms with Gasteiger partial charge in [-0.05, 0) is 42.7 Å². The van der Waals surface area contributed by atoms with Crippen LogP contribution in [0.1, 0.15) is 13.3 Å². The summed E-state index contributed by atoms with van der Waals surface area (Å²) in [4.78, 5) is 40.4. The number of carbonyl (C=O) groups is 3. The van der Waals surface area contributed by atoms with Gasteiger partial charge in [0.15, 0.2) is 0 Å². The molecule has 3 rings (SSSR count). The first kappa shape index (κ1) is 21.2. The van der Waals surface area contributed by atoms with Gasteiger partial charge in [-0.3, -0.25) is 19.3 Å². The van der Waals surface area contributed by atoms with Crippen molar-refractivity contribution < 1.29 is 24.2 Å². The highest BCUT2D eigenvalue weighted by Gasteiger charge is 2.44. The molecule has 29 heavy (non-hydrogen) atoms. The van der Waals surface area contributed by atoms with Crippen molar-refractivity contribution in [3.05, 3.63) is 35.6 Å². The Hall–Kier alpha value is -2.52. The third-order valence-electron chi connectivity index (χ3n) is 4.98. The van der Waals surface area contributed by atoms with E-state index in [1.165, 1.54) is 18.7 Å². The first-order valence-electron chi connectivity index (χ1n) is 9.44. The Bertz CT molecular complexity index is 818. The van der Waals surface area contributed by atoms with E-state index in [1.54, 1.807) is 12.1 Å². The first-order valence-corrected chi connectivity index (χ1v) is 10.8. The van der Waals surface area contributed by atoms with Gasteiger partial charge in [0.05, 0.1) is 19.3 Å². The Morgan fingerprint density at radius 1 is 1.24 bits per heavy atom. The second-order valence-corrected chi connectivity index (χ2v) is 7.84. The summed E-state index contributed by atoms with van der Waals surface area (Å²) in [6.45, 7) is 4.22. The Morgan fingerprint density at radius 2 is 1.90 bits per heavy atom. The van der Waals surface area contributed by atoms with E-state index in [0.717, 1.165) is 23.7 Å². The van der Waals surface area contributed by atoms with Gasteiger partial charge in [0.2, 0.25) is 5.91 Å². The Balaban J connectivity index is 1.74. The van der Waals surface area contributed by atoms with Crippen molar-refractivity contribution in [3.63, 3.8) is 0 Å². The third kappa shape index (κ3) is 4.56. The van der Waals surface area contributed by atoms with Gasteiger partial charge >= 0.3 is 0 Å². The zero-order valence-corrected chi connectivity index (χ0v) is 17.3. The number of carbonyl (C=O) groups excluding carboxylic acids is 3. The molecule has 0 aliphatic carbocycles. The topological polar surface area (TPSA) is 99.2 Å². The molecule has 2 aliphatic rings. The summed E-state index contributed by atoms with van der Waals surface area (Å²) < 4.78 is 5.34. The van der Waals surface area contributed by atoms with Gasteiger partial charge in [0, 0.05) is 31.4 Å². The van der Waals surface area contributed by atoms with Crippen molar-refractivity contribution >= 4 is 40.9 Å². The summed E-state index contributed by atoms with van der Waals surface area (Å²) in [7, 11) is 0. The van der Waals surface area contributed by atoms with Crippen LogP contribution >= 0.6 is 11.8 Å². The number of morpholine rings is 1. The molecule has 0 saturated carbocycles. The minimum Gasteiger partial charge on any atom is -0.509 e. The van der Waals surface area contributed by atoms with Crippen molar-refractivity contribution in [1.29, 1.82) is 0 Å². The normalized spacial score (nSPS) is 19.7. The molecule has 156 valence electrons. The predicted molar refractivity (Wildman–Crippen MR) is 112 cm³/mol. The number of hydrogen-bond acceptors (Lipinski definition) is 7. The van der Waals surface area contributed by atoms with Crippen molar-refractivity contribution in [3.8, 4) is 0 Å². The fraction of sp³-hybridized carbons (Fsp3) is 0.450. The van der Waals surface area contributed by atoms with Crippen LogP contribution in [0.2, 0.25) is 0 Å². The highest BCUT2D eigenvalue weighted by atomic mass is 32.2. The predicted octanol–water partition coefficient (Wildman–Crippen LogP) is 1.78. The highest BCUT2D eigenvalue weighted by Crippen LogP contribution is 2.29. The van der Waals surface area contributed by atoms with E-state index in [2.05, 4.69) is 10.2 Å². The maximum atomic E-state index is 12.7. The Morgan fingerprint density at radius 3 is 2.48 bits per heavy atom. The van der Waals surface area contributed by atoms with Gasteiger partial charge < -0.3 is 20.1 Å². The van der Waals surface area contributed by atoms with Gasteiger partial charge in [0.1, 0.15) is 11.3 Å². The number of nitrogens with zero attached hydrogens (tertiary/aromatic N) is 2. The molecule has 2 heterocycles. The average molecular weight is 420 g/mol. The molecule has 3 amide bonds. The molecule has 1 saturated heterocycles. The van der Waals surface area contributed by atoms with Gasteiger partial charge in [-0.15, -0.1) is 0 Å². The molecule has 8 nitrogen and oxygen atoms in total. The molecule has 0 bridgehead atoms.